The Morgan fingerprint density at radius 1 is 1.13 bits per heavy atom. The summed E-state index contributed by atoms with van der Waals surface area (Å²) < 4.78 is 10.8. The molecule has 8 heteroatoms. The molecule has 1 aliphatic rings. The van der Waals surface area contributed by atoms with E-state index in [0.29, 0.717) is 0 Å². The second-order valence-electron chi connectivity index (χ2n) is 6.96. The minimum atomic E-state index is -0.669. The predicted molar refractivity (Wildman–Crippen MR) is 114 cm³/mol. The molecule has 0 bridgehead atoms. The first-order valence-corrected chi connectivity index (χ1v) is 9.95. The summed E-state index contributed by atoms with van der Waals surface area (Å²) >= 11 is 0. The van der Waals surface area contributed by atoms with Gasteiger partial charge in [0.15, 0.2) is 0 Å². The maximum Gasteiger partial charge on any atom is 0.309 e. The summed E-state index contributed by atoms with van der Waals surface area (Å²) in [6, 6.07) is 11.6. The van der Waals surface area contributed by atoms with Crippen molar-refractivity contribution in [3.8, 4) is 5.75 Å². The van der Waals surface area contributed by atoms with Crippen LogP contribution in [0.1, 0.15) is 11.8 Å². The molecule has 1 aromatic heterocycles. The number of hydrogen-bond donors (Lipinski definition) is 2. The monoisotopic (exact) mass is 412 g/mol. The third kappa shape index (κ3) is 5.42. The van der Waals surface area contributed by atoms with Gasteiger partial charge in [-0.25, -0.2) is 0 Å². The zero-order valence-corrected chi connectivity index (χ0v) is 17.2. The summed E-state index contributed by atoms with van der Waals surface area (Å²) in [6.07, 6.45) is 3.15. The zero-order valence-electron chi connectivity index (χ0n) is 17.2. The first-order valence-electron chi connectivity index (χ1n) is 9.95. The van der Waals surface area contributed by atoms with Gasteiger partial charge in [0, 0.05) is 45.0 Å². The number of ether oxygens (including phenoxy) is 1. The van der Waals surface area contributed by atoms with Gasteiger partial charge in [0.1, 0.15) is 11.5 Å². The van der Waals surface area contributed by atoms with Crippen LogP contribution in [-0.4, -0.2) is 63.1 Å². The number of benzene rings is 1. The van der Waals surface area contributed by atoms with Crippen LogP contribution in [-0.2, 0) is 9.59 Å². The van der Waals surface area contributed by atoms with E-state index in [1.54, 1.807) is 13.4 Å². The van der Waals surface area contributed by atoms with Crippen LogP contribution in [0.15, 0.2) is 59.7 Å². The SMILES string of the molecule is C=CCNC(=O)C(=O)NCC(c1ccco1)N1CCN(c2ccc(OC)cc2)CC1. The molecule has 1 aliphatic heterocycles. The van der Waals surface area contributed by atoms with Crippen molar-refractivity contribution < 1.29 is 18.7 Å². The Hall–Kier alpha value is -3.26. The molecule has 2 aromatic rings. The van der Waals surface area contributed by atoms with E-state index in [0.717, 1.165) is 43.4 Å². The Bertz CT molecular complexity index is 827. The predicted octanol–water partition coefficient (Wildman–Crippen LogP) is 1.57. The van der Waals surface area contributed by atoms with Crippen molar-refractivity contribution >= 4 is 17.5 Å². The number of hydrogen-bond acceptors (Lipinski definition) is 6. The maximum atomic E-state index is 12.1. The van der Waals surface area contributed by atoms with Crippen LogP contribution < -0.4 is 20.3 Å². The number of carbonyl (C=O) groups is 2. The van der Waals surface area contributed by atoms with Gasteiger partial charge in [0.25, 0.3) is 0 Å². The smallest absolute Gasteiger partial charge is 0.309 e. The first-order chi connectivity index (χ1) is 14.6. The number of amides is 2. The van der Waals surface area contributed by atoms with Crippen molar-refractivity contribution in [3.63, 3.8) is 0 Å². The lowest BCUT2D eigenvalue weighted by atomic mass is 10.1. The molecule has 0 radical (unpaired) electrons. The molecule has 160 valence electrons. The summed E-state index contributed by atoms with van der Waals surface area (Å²) in [7, 11) is 1.66. The fourth-order valence-corrected chi connectivity index (χ4v) is 3.49. The van der Waals surface area contributed by atoms with Gasteiger partial charge in [-0.1, -0.05) is 6.08 Å². The van der Waals surface area contributed by atoms with Gasteiger partial charge in [0.2, 0.25) is 0 Å². The van der Waals surface area contributed by atoms with Crippen molar-refractivity contribution in [2.24, 2.45) is 0 Å². The van der Waals surface area contributed by atoms with E-state index in [4.69, 9.17) is 9.15 Å². The van der Waals surface area contributed by atoms with Gasteiger partial charge in [-0.3, -0.25) is 14.5 Å². The number of furan rings is 1. The quantitative estimate of drug-likeness (QED) is 0.506. The average Bonchev–Trinajstić information content (AvgIpc) is 3.32. The molecule has 3 rings (SSSR count). The zero-order chi connectivity index (χ0) is 21.3. The van der Waals surface area contributed by atoms with Crippen LogP contribution in [0.25, 0.3) is 0 Å². The molecule has 8 nitrogen and oxygen atoms in total. The molecule has 1 unspecified atom stereocenters. The highest BCUT2D eigenvalue weighted by Crippen LogP contribution is 2.25. The van der Waals surface area contributed by atoms with E-state index in [9.17, 15) is 9.59 Å². The Morgan fingerprint density at radius 3 is 2.43 bits per heavy atom. The summed E-state index contributed by atoms with van der Waals surface area (Å²) in [5.41, 5.74) is 1.15. The topological polar surface area (TPSA) is 87.0 Å². The van der Waals surface area contributed by atoms with E-state index in [1.165, 1.54) is 6.08 Å². The third-order valence-corrected chi connectivity index (χ3v) is 5.13. The molecule has 1 fully saturated rings. The lowest BCUT2D eigenvalue weighted by Crippen LogP contribution is -2.50. The van der Waals surface area contributed by atoms with Crippen molar-refractivity contribution in [1.82, 2.24) is 15.5 Å². The van der Waals surface area contributed by atoms with Gasteiger partial charge in [-0.05, 0) is 36.4 Å². The van der Waals surface area contributed by atoms with Gasteiger partial charge in [-0.2, -0.15) is 0 Å². The molecular weight excluding hydrogens is 384 g/mol. The standard InChI is InChI=1S/C22H28N4O4/c1-3-10-23-21(27)22(28)24-16-19(20-5-4-15-30-20)26-13-11-25(12-14-26)17-6-8-18(29-2)9-7-17/h3-9,15,19H,1,10-14,16H2,2H3,(H,23,27)(H,24,28). The van der Waals surface area contributed by atoms with Gasteiger partial charge < -0.3 is 24.7 Å². The number of nitrogens with one attached hydrogen (secondary N) is 2. The molecular formula is C22H28N4O4. The molecule has 1 atom stereocenters. The van der Waals surface area contributed by atoms with E-state index in [-0.39, 0.29) is 19.1 Å². The molecule has 0 spiro atoms. The number of methoxy groups -OCH3 is 1. The highest BCUT2D eigenvalue weighted by molar-refractivity contribution is 6.35. The number of nitrogens with zero attached hydrogens (tertiary/aromatic N) is 2. The summed E-state index contributed by atoms with van der Waals surface area (Å²) in [6.45, 7) is 7.35. The average molecular weight is 412 g/mol. The Balaban J connectivity index is 1.59. The second kappa shape index (κ2) is 10.5. The normalized spacial score (nSPS) is 15.3. The summed E-state index contributed by atoms with van der Waals surface area (Å²) in [4.78, 5) is 28.4. The maximum absolute atomic E-state index is 12.1. The minimum absolute atomic E-state index is 0.144. The molecule has 30 heavy (non-hydrogen) atoms. The molecule has 1 aromatic carbocycles. The van der Waals surface area contributed by atoms with E-state index in [1.807, 2.05) is 24.3 Å². The van der Waals surface area contributed by atoms with Crippen molar-refractivity contribution in [1.29, 1.82) is 0 Å². The van der Waals surface area contributed by atoms with Crippen LogP contribution in [0.2, 0.25) is 0 Å². The van der Waals surface area contributed by atoms with Crippen LogP contribution in [0.4, 0.5) is 5.69 Å². The number of anilines is 1. The lowest BCUT2D eigenvalue weighted by Gasteiger charge is -2.39. The van der Waals surface area contributed by atoms with Crippen molar-refractivity contribution in [2.75, 3.05) is 51.3 Å². The highest BCUT2D eigenvalue weighted by atomic mass is 16.5. The van der Waals surface area contributed by atoms with Gasteiger partial charge in [-0.15, -0.1) is 6.58 Å². The Morgan fingerprint density at radius 2 is 1.83 bits per heavy atom. The first kappa shape index (κ1) is 21.4. The highest BCUT2D eigenvalue weighted by Gasteiger charge is 2.28. The van der Waals surface area contributed by atoms with Crippen LogP contribution >= 0.6 is 0 Å². The molecule has 1 saturated heterocycles. The van der Waals surface area contributed by atoms with Crippen molar-refractivity contribution in [3.05, 3.63) is 61.1 Å². The fraction of sp³-hybridized carbons (Fsp3) is 0.364. The second-order valence-corrected chi connectivity index (χ2v) is 6.96. The summed E-state index contributed by atoms with van der Waals surface area (Å²) in [5, 5.41) is 5.20. The number of rotatable bonds is 8. The number of piperazine rings is 1. The van der Waals surface area contributed by atoms with Gasteiger partial charge in [0.05, 0.1) is 19.4 Å². The van der Waals surface area contributed by atoms with Crippen LogP contribution in [0.5, 0.6) is 5.75 Å². The lowest BCUT2D eigenvalue weighted by molar-refractivity contribution is -0.139. The van der Waals surface area contributed by atoms with Crippen LogP contribution in [0.3, 0.4) is 0 Å². The third-order valence-electron chi connectivity index (χ3n) is 5.13. The minimum Gasteiger partial charge on any atom is -0.497 e. The van der Waals surface area contributed by atoms with Crippen molar-refractivity contribution in [2.45, 2.75) is 6.04 Å². The molecule has 2 N–H and O–H groups in total. The van der Waals surface area contributed by atoms with Gasteiger partial charge >= 0.3 is 11.8 Å². The van der Waals surface area contributed by atoms with Crippen LogP contribution in [0, 0.1) is 0 Å². The Labute approximate surface area is 176 Å². The van der Waals surface area contributed by atoms with E-state index >= 15 is 0 Å². The Kier molecular flexibility index (Phi) is 7.51. The largest absolute Gasteiger partial charge is 0.497 e. The molecule has 0 saturated carbocycles. The fourth-order valence-electron chi connectivity index (χ4n) is 3.49. The molecule has 0 aliphatic carbocycles. The van der Waals surface area contributed by atoms with E-state index in [2.05, 4.69) is 39.1 Å². The molecule has 2 heterocycles. The van der Waals surface area contributed by atoms with E-state index < -0.39 is 11.8 Å². The summed E-state index contributed by atoms with van der Waals surface area (Å²) in [5.74, 6) is 0.269. The number of carbonyl (C=O) groups excluding carboxylic acids is 2. The molecule has 2 amide bonds.